The predicted molar refractivity (Wildman–Crippen MR) is 87.7 cm³/mol. The topological polar surface area (TPSA) is 74.7 Å². The van der Waals surface area contributed by atoms with E-state index < -0.39 is 12.0 Å². The number of rotatable bonds is 4. The minimum absolute atomic E-state index is 0.0239. The molecule has 1 unspecified atom stereocenters. The van der Waals surface area contributed by atoms with E-state index in [0.717, 1.165) is 23.3 Å². The molecule has 2 atom stereocenters. The normalized spacial score (nSPS) is 25.2. The van der Waals surface area contributed by atoms with Gasteiger partial charge in [0.05, 0.1) is 4.08 Å². The van der Waals surface area contributed by atoms with Crippen LogP contribution in [-0.4, -0.2) is 60.9 Å². The average Bonchev–Trinajstić information content (AvgIpc) is 3.03. The lowest BCUT2D eigenvalue weighted by molar-refractivity contribution is -0.149. The van der Waals surface area contributed by atoms with Gasteiger partial charge in [0, 0.05) is 43.1 Å². The first-order valence-corrected chi connectivity index (χ1v) is 9.75. The molecule has 0 radical (unpaired) electrons. The van der Waals surface area contributed by atoms with Crippen LogP contribution in [0.25, 0.3) is 0 Å². The number of carbonyl (C=O) groups is 3. The molecule has 0 bridgehead atoms. The average molecular weight is 349 g/mol. The monoisotopic (exact) mass is 349 g/mol. The fraction of sp³-hybridized carbons (Fsp3) is 0.769. The van der Waals surface area contributed by atoms with Crippen molar-refractivity contribution in [2.24, 2.45) is 5.92 Å². The highest BCUT2D eigenvalue weighted by Gasteiger charge is 2.51. The lowest BCUT2D eigenvalue weighted by atomic mass is 10.1. The van der Waals surface area contributed by atoms with Crippen molar-refractivity contribution < 1.29 is 19.5 Å². The molecule has 2 heterocycles. The third-order valence-corrected chi connectivity index (χ3v) is 8.13. The summed E-state index contributed by atoms with van der Waals surface area (Å²) in [6, 6.07) is -0.736. The standard InChI is InChI=1S/C13H19NO4S3/c1-8(6-19-9(2)15)11(16)14-7-13(20-3-4-21-13)5-10(14)12(17)18/h8,10H,3-7H2,1-2H3,(H,17,18)/t8?,10-/m0/s1. The Balaban J connectivity index is 2.06. The molecular weight excluding hydrogens is 330 g/mol. The van der Waals surface area contributed by atoms with Gasteiger partial charge in [-0.3, -0.25) is 9.59 Å². The number of hydrogen-bond donors (Lipinski definition) is 1. The molecule has 0 aromatic heterocycles. The SMILES string of the molecule is CC(=O)SCC(C)C(=O)N1CC2(C[C@H]1C(=O)O)SCCS2. The fourth-order valence-corrected chi connectivity index (χ4v) is 6.48. The van der Waals surface area contributed by atoms with Crippen LogP contribution in [0.5, 0.6) is 0 Å². The van der Waals surface area contributed by atoms with Crippen LogP contribution in [0, 0.1) is 5.92 Å². The number of thioether (sulfide) groups is 3. The minimum atomic E-state index is -0.931. The maximum absolute atomic E-state index is 12.5. The maximum Gasteiger partial charge on any atom is 0.326 e. The van der Waals surface area contributed by atoms with Crippen molar-refractivity contribution in [3.8, 4) is 0 Å². The molecule has 21 heavy (non-hydrogen) atoms. The third-order valence-electron chi connectivity index (χ3n) is 3.63. The van der Waals surface area contributed by atoms with E-state index in [1.165, 1.54) is 11.8 Å². The molecule has 5 nitrogen and oxygen atoms in total. The highest BCUT2D eigenvalue weighted by atomic mass is 32.2. The van der Waals surface area contributed by atoms with Gasteiger partial charge < -0.3 is 10.0 Å². The number of carbonyl (C=O) groups excluding carboxylic acids is 2. The molecule has 1 spiro atoms. The number of carboxylic acids is 1. The maximum atomic E-state index is 12.5. The van der Waals surface area contributed by atoms with Gasteiger partial charge in [-0.25, -0.2) is 4.79 Å². The summed E-state index contributed by atoms with van der Waals surface area (Å²) in [5.74, 6) is 1.00. The summed E-state index contributed by atoms with van der Waals surface area (Å²) in [6.07, 6.45) is 0.510. The van der Waals surface area contributed by atoms with Gasteiger partial charge >= 0.3 is 5.97 Å². The minimum Gasteiger partial charge on any atom is -0.480 e. The van der Waals surface area contributed by atoms with Gasteiger partial charge in [-0.1, -0.05) is 18.7 Å². The molecule has 8 heteroatoms. The van der Waals surface area contributed by atoms with Crippen LogP contribution in [0.2, 0.25) is 0 Å². The van der Waals surface area contributed by atoms with Gasteiger partial charge in [-0.05, 0) is 0 Å². The molecule has 0 aliphatic carbocycles. The van der Waals surface area contributed by atoms with Crippen LogP contribution in [-0.2, 0) is 14.4 Å². The number of amides is 1. The Labute approximate surface area is 137 Å². The van der Waals surface area contributed by atoms with Crippen molar-refractivity contribution in [3.63, 3.8) is 0 Å². The zero-order valence-electron chi connectivity index (χ0n) is 12.0. The molecule has 1 amide bonds. The van der Waals surface area contributed by atoms with Crippen molar-refractivity contribution in [1.82, 2.24) is 4.90 Å². The summed E-state index contributed by atoms with van der Waals surface area (Å²) in [5.41, 5.74) is 0. The molecule has 0 aromatic rings. The molecule has 2 aliphatic rings. The first kappa shape index (κ1) is 17.0. The molecule has 0 saturated carbocycles. The van der Waals surface area contributed by atoms with E-state index in [0.29, 0.717) is 18.7 Å². The predicted octanol–water partition coefficient (Wildman–Crippen LogP) is 1.76. The Bertz CT molecular complexity index is 451. The Morgan fingerprint density at radius 3 is 2.52 bits per heavy atom. The van der Waals surface area contributed by atoms with E-state index in [2.05, 4.69) is 0 Å². The second-order valence-corrected chi connectivity index (χ2v) is 9.75. The zero-order chi connectivity index (χ0) is 15.6. The third kappa shape index (κ3) is 3.90. The van der Waals surface area contributed by atoms with Crippen LogP contribution in [0.15, 0.2) is 0 Å². The number of nitrogens with zero attached hydrogens (tertiary/aromatic N) is 1. The first-order valence-electron chi connectivity index (χ1n) is 6.79. The van der Waals surface area contributed by atoms with Crippen molar-refractivity contribution in [2.75, 3.05) is 23.8 Å². The highest BCUT2D eigenvalue weighted by Crippen LogP contribution is 2.52. The molecule has 2 rings (SSSR count). The van der Waals surface area contributed by atoms with E-state index in [9.17, 15) is 19.5 Å². The smallest absolute Gasteiger partial charge is 0.326 e. The van der Waals surface area contributed by atoms with Crippen molar-refractivity contribution >= 4 is 52.3 Å². The van der Waals surface area contributed by atoms with Crippen LogP contribution in [0.1, 0.15) is 20.3 Å². The van der Waals surface area contributed by atoms with Gasteiger partial charge in [0.25, 0.3) is 0 Å². The van der Waals surface area contributed by atoms with E-state index in [-0.39, 0.29) is 21.0 Å². The quantitative estimate of drug-likeness (QED) is 0.829. The first-order chi connectivity index (χ1) is 9.84. The van der Waals surface area contributed by atoms with Crippen molar-refractivity contribution in [1.29, 1.82) is 0 Å². The van der Waals surface area contributed by atoms with Crippen LogP contribution < -0.4 is 0 Å². The molecule has 2 fully saturated rings. The van der Waals surface area contributed by atoms with Crippen LogP contribution >= 0.6 is 35.3 Å². The van der Waals surface area contributed by atoms with Gasteiger partial charge in [0.1, 0.15) is 6.04 Å². The second-order valence-electron chi connectivity index (χ2n) is 5.34. The Hall–Kier alpha value is -0.340. The Morgan fingerprint density at radius 2 is 2.00 bits per heavy atom. The fourth-order valence-electron chi connectivity index (χ4n) is 2.59. The number of likely N-dealkylation sites (tertiary alicyclic amines) is 1. The highest BCUT2D eigenvalue weighted by molar-refractivity contribution is 8.21. The van der Waals surface area contributed by atoms with E-state index in [4.69, 9.17) is 0 Å². The molecule has 2 aliphatic heterocycles. The van der Waals surface area contributed by atoms with Gasteiger partial charge in [-0.15, -0.1) is 23.5 Å². The number of aliphatic carboxylic acids is 1. The Kier molecular flexibility index (Phi) is 5.54. The zero-order valence-corrected chi connectivity index (χ0v) is 14.5. The van der Waals surface area contributed by atoms with Gasteiger partial charge in [0.15, 0.2) is 5.12 Å². The van der Waals surface area contributed by atoms with E-state index in [1.54, 1.807) is 30.4 Å². The Morgan fingerprint density at radius 1 is 1.38 bits per heavy atom. The lowest BCUT2D eigenvalue weighted by Crippen LogP contribution is -2.43. The summed E-state index contributed by atoms with van der Waals surface area (Å²) in [4.78, 5) is 36.5. The summed E-state index contributed by atoms with van der Waals surface area (Å²) >= 11 is 4.66. The largest absolute Gasteiger partial charge is 0.480 e. The lowest BCUT2D eigenvalue weighted by Gasteiger charge is -2.25. The molecule has 0 aromatic carbocycles. The summed E-state index contributed by atoms with van der Waals surface area (Å²) < 4.78 is -0.147. The summed E-state index contributed by atoms with van der Waals surface area (Å²) in [7, 11) is 0. The van der Waals surface area contributed by atoms with Crippen molar-refractivity contribution in [2.45, 2.75) is 30.4 Å². The molecule has 118 valence electrons. The number of carboxylic acid groups (broad SMARTS) is 1. The summed E-state index contributed by atoms with van der Waals surface area (Å²) in [5, 5.41) is 9.38. The van der Waals surface area contributed by atoms with E-state index in [1.807, 2.05) is 0 Å². The summed E-state index contributed by atoms with van der Waals surface area (Å²) in [6.45, 7) is 3.73. The van der Waals surface area contributed by atoms with Crippen molar-refractivity contribution in [3.05, 3.63) is 0 Å². The molecular formula is C13H19NO4S3. The molecule has 1 N–H and O–H groups in total. The van der Waals surface area contributed by atoms with Gasteiger partial charge in [0.2, 0.25) is 5.91 Å². The van der Waals surface area contributed by atoms with Crippen LogP contribution in [0.3, 0.4) is 0 Å². The molecule has 2 saturated heterocycles. The van der Waals surface area contributed by atoms with Gasteiger partial charge in [-0.2, -0.15) is 0 Å². The van der Waals surface area contributed by atoms with Crippen LogP contribution in [0.4, 0.5) is 0 Å². The van der Waals surface area contributed by atoms with E-state index >= 15 is 0 Å². The number of hydrogen-bond acceptors (Lipinski definition) is 6. The second kappa shape index (κ2) is 6.83.